The molecule has 1 aliphatic heterocycles. The van der Waals surface area contributed by atoms with Crippen molar-refractivity contribution in [3.05, 3.63) is 59.9 Å². The minimum atomic E-state index is -0.276. The van der Waals surface area contributed by atoms with E-state index in [9.17, 15) is 20.0 Å². The molecule has 1 fully saturated rings. The van der Waals surface area contributed by atoms with Gasteiger partial charge in [0.25, 0.3) is 0 Å². The van der Waals surface area contributed by atoms with Crippen LogP contribution in [0.2, 0.25) is 0 Å². The normalized spacial score (nSPS) is 15.1. The lowest BCUT2D eigenvalue weighted by Gasteiger charge is -2.15. The van der Waals surface area contributed by atoms with Gasteiger partial charge < -0.3 is 9.67 Å². The van der Waals surface area contributed by atoms with Gasteiger partial charge in [-0.2, -0.15) is 5.26 Å². The molecule has 2 heterocycles. The summed E-state index contributed by atoms with van der Waals surface area (Å²) in [5, 5.41) is 20.5. The summed E-state index contributed by atoms with van der Waals surface area (Å²) < 4.78 is 1.74. The van der Waals surface area contributed by atoms with Gasteiger partial charge in [0.15, 0.2) is 5.82 Å². The van der Waals surface area contributed by atoms with Gasteiger partial charge in [0.1, 0.15) is 17.4 Å². The molecule has 0 spiro atoms. The van der Waals surface area contributed by atoms with Gasteiger partial charge in [0, 0.05) is 25.5 Å². The van der Waals surface area contributed by atoms with Gasteiger partial charge in [-0.1, -0.05) is 24.3 Å². The highest BCUT2D eigenvalue weighted by atomic mass is 16.3. The van der Waals surface area contributed by atoms with E-state index < -0.39 is 0 Å². The fraction of sp³-hybridized carbons (Fsp3) is 0.143. The molecule has 7 heteroatoms. The summed E-state index contributed by atoms with van der Waals surface area (Å²) in [5.74, 6) is -0.482. The largest absolute Gasteiger partial charge is 0.506 e. The maximum Gasteiger partial charge on any atom is 0.234 e. The molecule has 0 bridgehead atoms. The third kappa shape index (κ3) is 2.72. The van der Waals surface area contributed by atoms with Crippen LogP contribution in [0.4, 0.5) is 5.69 Å². The fourth-order valence-electron chi connectivity index (χ4n) is 3.38. The van der Waals surface area contributed by atoms with Crippen molar-refractivity contribution >= 4 is 39.9 Å². The molecule has 2 aromatic carbocycles. The van der Waals surface area contributed by atoms with Crippen LogP contribution in [0.1, 0.15) is 24.2 Å². The Morgan fingerprint density at radius 3 is 2.50 bits per heavy atom. The minimum Gasteiger partial charge on any atom is -0.506 e. The van der Waals surface area contributed by atoms with E-state index in [1.807, 2.05) is 30.3 Å². The third-order valence-corrected chi connectivity index (χ3v) is 4.79. The van der Waals surface area contributed by atoms with E-state index in [0.29, 0.717) is 22.6 Å². The lowest BCUT2D eigenvalue weighted by atomic mass is 10.1. The monoisotopic (exact) mass is 372 g/mol. The van der Waals surface area contributed by atoms with Crippen molar-refractivity contribution in [1.29, 1.82) is 5.26 Å². The quantitative estimate of drug-likeness (QED) is 0.432. The summed E-state index contributed by atoms with van der Waals surface area (Å²) in [4.78, 5) is 29.5. The number of carbonyl (C=O) groups excluding carboxylic acids is 2. The topological polar surface area (TPSA) is 99.2 Å². The molecule has 0 unspecified atom stereocenters. The number of carbonyl (C=O) groups is 2. The molecule has 1 aliphatic rings. The number of aryl methyl sites for hydroxylation is 1. The zero-order valence-electron chi connectivity index (χ0n) is 15.1. The van der Waals surface area contributed by atoms with Gasteiger partial charge >= 0.3 is 0 Å². The molecule has 2 amide bonds. The molecule has 28 heavy (non-hydrogen) atoms. The average Bonchev–Trinajstić information content (AvgIpc) is 3.22. The Balaban J connectivity index is 1.83. The van der Waals surface area contributed by atoms with Crippen molar-refractivity contribution in [3.63, 3.8) is 0 Å². The summed E-state index contributed by atoms with van der Waals surface area (Å²) in [6.45, 7) is 0. The maximum absolute atomic E-state index is 12.0. The number of nitrogens with zero attached hydrogens (tertiary/aromatic N) is 4. The predicted molar refractivity (Wildman–Crippen MR) is 104 cm³/mol. The standard InChI is InChI=1S/C21H16N4O3/c1-24-17-8-3-2-7-16(17)23-21(24)15(12-22)20(28)13-5-4-6-14(11-13)25-18(26)9-10-19(25)27/h2-8,11,28H,9-10H2,1H3. The van der Waals surface area contributed by atoms with Crippen LogP contribution in [0.3, 0.4) is 0 Å². The van der Waals surface area contributed by atoms with Crippen molar-refractivity contribution in [2.24, 2.45) is 7.05 Å². The number of hydrogen-bond donors (Lipinski definition) is 1. The van der Waals surface area contributed by atoms with Crippen molar-refractivity contribution in [2.45, 2.75) is 12.8 Å². The number of hydrogen-bond acceptors (Lipinski definition) is 5. The fourth-order valence-corrected chi connectivity index (χ4v) is 3.38. The Morgan fingerprint density at radius 1 is 1.11 bits per heavy atom. The van der Waals surface area contributed by atoms with Crippen molar-refractivity contribution < 1.29 is 14.7 Å². The smallest absolute Gasteiger partial charge is 0.234 e. The lowest BCUT2D eigenvalue weighted by molar-refractivity contribution is -0.121. The number of imidazole rings is 1. The first-order valence-corrected chi connectivity index (χ1v) is 8.72. The summed E-state index contributed by atoms with van der Waals surface area (Å²) in [6.07, 6.45) is 0.350. The zero-order valence-corrected chi connectivity index (χ0v) is 15.1. The van der Waals surface area contributed by atoms with E-state index in [0.717, 1.165) is 10.4 Å². The number of amides is 2. The van der Waals surface area contributed by atoms with Crippen LogP contribution in [-0.4, -0.2) is 26.5 Å². The predicted octanol–water partition coefficient (Wildman–Crippen LogP) is 3.18. The molecule has 0 aliphatic carbocycles. The number of aliphatic hydroxyl groups excluding tert-OH is 1. The van der Waals surface area contributed by atoms with Crippen LogP contribution in [0.25, 0.3) is 22.4 Å². The molecule has 3 aromatic rings. The number of aromatic nitrogens is 2. The van der Waals surface area contributed by atoms with Crippen molar-refractivity contribution in [2.75, 3.05) is 4.90 Å². The van der Waals surface area contributed by atoms with Crippen LogP contribution in [0.15, 0.2) is 48.5 Å². The van der Waals surface area contributed by atoms with Crippen LogP contribution in [0.5, 0.6) is 0 Å². The molecular weight excluding hydrogens is 356 g/mol. The molecule has 0 radical (unpaired) electrons. The molecule has 4 rings (SSSR count). The van der Waals surface area contributed by atoms with Crippen LogP contribution in [0, 0.1) is 11.3 Å². The van der Waals surface area contributed by atoms with Gasteiger partial charge in [-0.25, -0.2) is 4.98 Å². The number of para-hydroxylation sites is 2. The Hall–Kier alpha value is -3.92. The molecule has 138 valence electrons. The number of benzene rings is 2. The summed E-state index contributed by atoms with van der Waals surface area (Å²) in [5.41, 5.74) is 2.25. The average molecular weight is 372 g/mol. The number of rotatable bonds is 3. The number of fused-ring (bicyclic) bond motifs is 1. The Kier molecular flexibility index (Phi) is 4.17. The van der Waals surface area contributed by atoms with Crippen molar-refractivity contribution in [1.82, 2.24) is 9.55 Å². The zero-order chi connectivity index (χ0) is 19.8. The summed E-state index contributed by atoms with van der Waals surface area (Å²) in [6, 6.07) is 15.8. The van der Waals surface area contributed by atoms with Crippen LogP contribution in [-0.2, 0) is 16.6 Å². The van der Waals surface area contributed by atoms with E-state index in [1.54, 1.807) is 29.8 Å². The maximum atomic E-state index is 12.0. The number of nitriles is 1. The van der Waals surface area contributed by atoms with E-state index in [2.05, 4.69) is 4.98 Å². The minimum absolute atomic E-state index is 0.00919. The Bertz CT molecular complexity index is 1180. The lowest BCUT2D eigenvalue weighted by Crippen LogP contribution is -2.28. The van der Waals surface area contributed by atoms with Gasteiger partial charge in [0.2, 0.25) is 11.8 Å². The van der Waals surface area contributed by atoms with E-state index >= 15 is 0 Å². The Labute approximate surface area is 160 Å². The van der Waals surface area contributed by atoms with Gasteiger partial charge in [-0.05, 0) is 24.3 Å². The number of aliphatic hydroxyl groups is 1. The van der Waals surface area contributed by atoms with E-state index in [1.165, 1.54) is 6.07 Å². The van der Waals surface area contributed by atoms with Gasteiger partial charge in [-0.3, -0.25) is 14.5 Å². The molecule has 1 saturated heterocycles. The van der Waals surface area contributed by atoms with Crippen LogP contribution < -0.4 is 4.90 Å². The first kappa shape index (κ1) is 17.5. The SMILES string of the molecule is Cn1c(C(C#N)=C(O)c2cccc(N3C(=O)CCC3=O)c2)nc2ccccc21. The molecule has 1 aromatic heterocycles. The second kappa shape index (κ2) is 6.67. The highest BCUT2D eigenvalue weighted by Gasteiger charge is 2.30. The molecule has 0 saturated carbocycles. The van der Waals surface area contributed by atoms with Gasteiger partial charge in [0.05, 0.1) is 16.7 Å². The van der Waals surface area contributed by atoms with Crippen LogP contribution >= 0.6 is 0 Å². The number of allylic oxidation sites excluding steroid dienone is 1. The van der Waals surface area contributed by atoms with E-state index in [-0.39, 0.29) is 36.0 Å². The first-order chi connectivity index (χ1) is 13.5. The third-order valence-electron chi connectivity index (χ3n) is 4.79. The van der Waals surface area contributed by atoms with E-state index in [4.69, 9.17) is 0 Å². The second-order valence-corrected chi connectivity index (χ2v) is 6.49. The summed E-state index contributed by atoms with van der Waals surface area (Å²) in [7, 11) is 1.77. The molecular formula is C21H16N4O3. The number of anilines is 1. The number of imide groups is 1. The Morgan fingerprint density at radius 2 is 1.82 bits per heavy atom. The molecule has 0 atom stereocenters. The molecule has 1 N–H and O–H groups in total. The highest BCUT2D eigenvalue weighted by Crippen LogP contribution is 2.29. The summed E-state index contributed by atoms with van der Waals surface area (Å²) >= 11 is 0. The highest BCUT2D eigenvalue weighted by molar-refractivity contribution is 6.20. The van der Waals surface area contributed by atoms with Crippen molar-refractivity contribution in [3.8, 4) is 6.07 Å². The molecule has 7 nitrogen and oxygen atoms in total. The van der Waals surface area contributed by atoms with Gasteiger partial charge in [-0.15, -0.1) is 0 Å². The second-order valence-electron chi connectivity index (χ2n) is 6.49. The first-order valence-electron chi connectivity index (χ1n) is 8.72.